The zero-order valence-electron chi connectivity index (χ0n) is 13.9. The van der Waals surface area contributed by atoms with Gasteiger partial charge in [0.25, 0.3) is 5.91 Å². The second kappa shape index (κ2) is 7.08. The highest BCUT2D eigenvalue weighted by molar-refractivity contribution is 5.95. The Labute approximate surface area is 141 Å². The average Bonchev–Trinajstić information content (AvgIpc) is 2.96. The maximum Gasteiger partial charge on any atom is 0.291 e. The summed E-state index contributed by atoms with van der Waals surface area (Å²) in [5.41, 5.74) is 6.72. The van der Waals surface area contributed by atoms with Crippen molar-refractivity contribution in [1.29, 1.82) is 0 Å². The Morgan fingerprint density at radius 1 is 1.17 bits per heavy atom. The van der Waals surface area contributed by atoms with Crippen LogP contribution >= 0.6 is 0 Å². The fourth-order valence-corrected chi connectivity index (χ4v) is 2.56. The Kier molecular flexibility index (Phi) is 4.70. The molecule has 0 atom stereocenters. The van der Waals surface area contributed by atoms with Crippen LogP contribution in [0.3, 0.4) is 0 Å². The van der Waals surface area contributed by atoms with Crippen LogP contribution in [0.25, 0.3) is 5.65 Å². The van der Waals surface area contributed by atoms with Crippen LogP contribution in [0.15, 0.2) is 59.8 Å². The van der Waals surface area contributed by atoms with Crippen LogP contribution in [0.1, 0.15) is 35.1 Å². The smallest absolute Gasteiger partial charge is 0.291 e. The second-order valence-electron chi connectivity index (χ2n) is 5.75. The number of aromatic nitrogens is 2. The summed E-state index contributed by atoms with van der Waals surface area (Å²) in [5, 5.41) is 4.19. The van der Waals surface area contributed by atoms with Crippen molar-refractivity contribution >= 4 is 17.3 Å². The predicted octanol–water partition coefficient (Wildman–Crippen LogP) is 3.38. The first kappa shape index (κ1) is 15.9. The van der Waals surface area contributed by atoms with Gasteiger partial charge in [-0.15, -0.1) is 0 Å². The molecule has 1 N–H and O–H groups in total. The van der Waals surface area contributed by atoms with E-state index in [0.29, 0.717) is 5.69 Å². The molecule has 2 heterocycles. The van der Waals surface area contributed by atoms with Crippen molar-refractivity contribution in [3.8, 4) is 0 Å². The third-order valence-corrected chi connectivity index (χ3v) is 3.95. The molecule has 2 aromatic heterocycles. The zero-order valence-corrected chi connectivity index (χ0v) is 13.9. The quantitative estimate of drug-likeness (QED) is 0.579. The molecule has 0 spiro atoms. The number of amides is 1. The van der Waals surface area contributed by atoms with Crippen LogP contribution in [0.2, 0.25) is 0 Å². The van der Waals surface area contributed by atoms with Gasteiger partial charge >= 0.3 is 0 Å². The van der Waals surface area contributed by atoms with Crippen molar-refractivity contribution in [3.63, 3.8) is 0 Å². The molecular formula is C19H20N4O. The van der Waals surface area contributed by atoms with Crippen molar-refractivity contribution in [2.75, 3.05) is 0 Å². The third kappa shape index (κ3) is 3.51. The number of imidazole rings is 1. The van der Waals surface area contributed by atoms with Crippen molar-refractivity contribution in [2.45, 2.75) is 26.7 Å². The molecule has 0 aliphatic carbocycles. The molecule has 1 aromatic carbocycles. The summed E-state index contributed by atoms with van der Waals surface area (Å²) in [6, 6.07) is 15.9. The van der Waals surface area contributed by atoms with Crippen molar-refractivity contribution in [3.05, 3.63) is 71.7 Å². The fourth-order valence-electron chi connectivity index (χ4n) is 2.56. The van der Waals surface area contributed by atoms with E-state index in [9.17, 15) is 4.79 Å². The third-order valence-electron chi connectivity index (χ3n) is 3.95. The Bertz CT molecular complexity index is 881. The summed E-state index contributed by atoms with van der Waals surface area (Å²) in [6.45, 7) is 3.79. The summed E-state index contributed by atoms with van der Waals surface area (Å²) in [4.78, 5) is 16.7. The molecule has 0 unspecified atom stereocenters. The lowest BCUT2D eigenvalue weighted by molar-refractivity contribution is 0.0949. The minimum atomic E-state index is -0.282. The van der Waals surface area contributed by atoms with E-state index in [1.165, 1.54) is 5.56 Å². The van der Waals surface area contributed by atoms with Crippen molar-refractivity contribution in [1.82, 2.24) is 14.8 Å². The number of hydrogen-bond acceptors (Lipinski definition) is 3. The number of benzene rings is 1. The molecule has 3 rings (SSSR count). The maximum atomic E-state index is 12.3. The number of nitrogens with one attached hydrogen (secondary N) is 1. The van der Waals surface area contributed by atoms with Crippen LogP contribution < -0.4 is 5.43 Å². The normalized spacial score (nSPS) is 11.7. The molecule has 5 heteroatoms. The summed E-state index contributed by atoms with van der Waals surface area (Å²) in [6.07, 6.45) is 3.59. The van der Waals surface area contributed by atoms with E-state index in [2.05, 4.69) is 27.6 Å². The number of carbonyl (C=O) groups excluding carboxylic acids is 1. The van der Waals surface area contributed by atoms with Crippen LogP contribution in [0.5, 0.6) is 0 Å². The first-order chi connectivity index (χ1) is 11.6. The Morgan fingerprint density at radius 2 is 1.92 bits per heavy atom. The van der Waals surface area contributed by atoms with Gasteiger partial charge in [0, 0.05) is 11.9 Å². The number of rotatable bonds is 5. The Morgan fingerprint density at radius 3 is 2.67 bits per heavy atom. The number of nitrogens with zero attached hydrogens (tertiary/aromatic N) is 3. The number of carbonyl (C=O) groups is 1. The highest BCUT2D eigenvalue weighted by Crippen LogP contribution is 2.11. The van der Waals surface area contributed by atoms with Gasteiger partial charge in [0.05, 0.1) is 5.69 Å². The SMILES string of the molecule is C/C(CCc1ccccc1)=N/NC(=O)c1nc2ccccn2c1C. The van der Waals surface area contributed by atoms with Crippen LogP contribution in [-0.2, 0) is 6.42 Å². The van der Waals surface area contributed by atoms with E-state index in [0.717, 1.165) is 29.9 Å². The molecule has 0 aliphatic rings. The van der Waals surface area contributed by atoms with E-state index >= 15 is 0 Å². The van der Waals surface area contributed by atoms with Gasteiger partial charge in [0.15, 0.2) is 5.69 Å². The highest BCUT2D eigenvalue weighted by atomic mass is 16.2. The van der Waals surface area contributed by atoms with Crippen LogP contribution in [0, 0.1) is 6.92 Å². The van der Waals surface area contributed by atoms with Crippen molar-refractivity contribution in [2.24, 2.45) is 5.10 Å². The molecule has 3 aromatic rings. The van der Waals surface area contributed by atoms with Gasteiger partial charge in [0.2, 0.25) is 0 Å². The van der Waals surface area contributed by atoms with Gasteiger partial charge in [-0.05, 0) is 44.4 Å². The number of hydrazone groups is 1. The molecular weight excluding hydrogens is 300 g/mol. The largest absolute Gasteiger partial charge is 0.304 e. The molecule has 0 aliphatic heterocycles. The molecule has 0 fully saturated rings. The summed E-state index contributed by atoms with van der Waals surface area (Å²) >= 11 is 0. The molecule has 0 bridgehead atoms. The molecule has 0 saturated carbocycles. The Balaban J connectivity index is 1.64. The minimum Gasteiger partial charge on any atom is -0.304 e. The van der Waals surface area contributed by atoms with Crippen LogP contribution in [-0.4, -0.2) is 21.0 Å². The van der Waals surface area contributed by atoms with E-state index < -0.39 is 0 Å². The molecule has 24 heavy (non-hydrogen) atoms. The molecule has 0 saturated heterocycles. The average molecular weight is 320 g/mol. The van der Waals surface area contributed by atoms with E-state index in [4.69, 9.17) is 0 Å². The summed E-state index contributed by atoms with van der Waals surface area (Å²) in [5.74, 6) is -0.282. The van der Waals surface area contributed by atoms with E-state index in [-0.39, 0.29) is 5.91 Å². The molecule has 5 nitrogen and oxygen atoms in total. The van der Waals surface area contributed by atoms with Gasteiger partial charge in [0.1, 0.15) is 5.65 Å². The first-order valence-electron chi connectivity index (χ1n) is 7.96. The van der Waals surface area contributed by atoms with Crippen LogP contribution in [0.4, 0.5) is 0 Å². The van der Waals surface area contributed by atoms with Crippen molar-refractivity contribution < 1.29 is 4.79 Å². The van der Waals surface area contributed by atoms with E-state index in [1.54, 1.807) is 0 Å². The topological polar surface area (TPSA) is 58.8 Å². The minimum absolute atomic E-state index is 0.282. The van der Waals surface area contributed by atoms with Gasteiger partial charge in [-0.2, -0.15) is 5.10 Å². The number of pyridine rings is 1. The van der Waals surface area contributed by atoms with E-state index in [1.807, 2.05) is 60.8 Å². The summed E-state index contributed by atoms with van der Waals surface area (Å²) < 4.78 is 1.89. The maximum absolute atomic E-state index is 12.3. The highest BCUT2D eigenvalue weighted by Gasteiger charge is 2.15. The molecule has 1 amide bonds. The summed E-state index contributed by atoms with van der Waals surface area (Å²) in [7, 11) is 0. The fraction of sp³-hybridized carbons (Fsp3) is 0.211. The number of hydrogen-bond donors (Lipinski definition) is 1. The lowest BCUT2D eigenvalue weighted by Crippen LogP contribution is -2.20. The van der Waals surface area contributed by atoms with Gasteiger partial charge in [-0.25, -0.2) is 10.4 Å². The molecule has 122 valence electrons. The predicted molar refractivity (Wildman–Crippen MR) is 95.3 cm³/mol. The van der Waals surface area contributed by atoms with Gasteiger partial charge in [-0.3, -0.25) is 4.79 Å². The lowest BCUT2D eigenvalue weighted by atomic mass is 10.1. The standard InChI is InChI=1S/C19H20N4O/c1-14(11-12-16-8-4-3-5-9-16)21-22-19(24)18-15(2)23-13-7-6-10-17(23)20-18/h3-10,13H,11-12H2,1-2H3,(H,22,24)/b21-14-. The first-order valence-corrected chi connectivity index (χ1v) is 7.96. The molecule has 0 radical (unpaired) electrons. The number of fused-ring (bicyclic) bond motifs is 1. The zero-order chi connectivity index (χ0) is 16.9. The second-order valence-corrected chi connectivity index (χ2v) is 5.75. The van der Waals surface area contributed by atoms with Gasteiger partial charge in [-0.1, -0.05) is 36.4 Å². The lowest BCUT2D eigenvalue weighted by Gasteiger charge is -2.03. The Hall–Kier alpha value is -2.95. The van der Waals surface area contributed by atoms with Gasteiger partial charge < -0.3 is 4.40 Å². The monoisotopic (exact) mass is 320 g/mol. The number of aryl methyl sites for hydroxylation is 2.